The van der Waals surface area contributed by atoms with E-state index in [1.54, 1.807) is 13.0 Å². The molecule has 2 saturated carbocycles. The molecule has 0 bridgehead atoms. The summed E-state index contributed by atoms with van der Waals surface area (Å²) < 4.78 is 0. The number of halogens is 1. The van der Waals surface area contributed by atoms with Gasteiger partial charge in [-0.25, -0.2) is 0 Å². The second-order valence-electron chi connectivity index (χ2n) is 7.94. The summed E-state index contributed by atoms with van der Waals surface area (Å²) in [6.07, 6.45) is 8.25. The Morgan fingerprint density at radius 1 is 1.15 bits per heavy atom. The zero-order valence-corrected chi connectivity index (χ0v) is 16.8. The average molecular weight is 392 g/mol. The molecule has 1 aromatic rings. The van der Waals surface area contributed by atoms with Gasteiger partial charge < -0.3 is 16.0 Å². The van der Waals surface area contributed by atoms with Crippen molar-refractivity contribution >= 4 is 29.1 Å². The first-order chi connectivity index (χ1) is 13.0. The SMILES string of the molecule is CC(=O)N(Cc1cc(NC(=O)C2CCCC2)ccc1Cl)C1CCCCC1N. The van der Waals surface area contributed by atoms with E-state index in [1.807, 2.05) is 17.0 Å². The monoisotopic (exact) mass is 391 g/mol. The number of anilines is 1. The van der Waals surface area contributed by atoms with Crippen molar-refractivity contribution in [3.63, 3.8) is 0 Å². The molecule has 0 aromatic heterocycles. The summed E-state index contributed by atoms with van der Waals surface area (Å²) in [6, 6.07) is 5.55. The minimum Gasteiger partial charge on any atom is -0.334 e. The molecule has 0 saturated heterocycles. The minimum absolute atomic E-state index is 0.00618. The Balaban J connectivity index is 1.74. The summed E-state index contributed by atoms with van der Waals surface area (Å²) in [5.74, 6) is 0.199. The Morgan fingerprint density at radius 2 is 1.81 bits per heavy atom. The van der Waals surface area contributed by atoms with Crippen molar-refractivity contribution in [2.24, 2.45) is 11.7 Å². The van der Waals surface area contributed by atoms with Crippen LogP contribution in [-0.2, 0) is 16.1 Å². The van der Waals surface area contributed by atoms with Gasteiger partial charge in [-0.15, -0.1) is 0 Å². The molecule has 2 aliphatic carbocycles. The maximum absolute atomic E-state index is 12.4. The summed E-state index contributed by atoms with van der Waals surface area (Å²) in [6.45, 7) is 2.00. The first-order valence-corrected chi connectivity index (χ1v) is 10.5. The number of nitrogens with zero attached hydrogens (tertiary/aromatic N) is 1. The molecular weight excluding hydrogens is 362 g/mol. The quantitative estimate of drug-likeness (QED) is 0.793. The first kappa shape index (κ1) is 20.2. The normalized spacial score (nSPS) is 23.2. The molecule has 3 rings (SSSR count). The van der Waals surface area contributed by atoms with E-state index in [1.165, 1.54) is 0 Å². The van der Waals surface area contributed by atoms with E-state index in [4.69, 9.17) is 17.3 Å². The van der Waals surface area contributed by atoms with Gasteiger partial charge in [0.25, 0.3) is 0 Å². The van der Waals surface area contributed by atoms with Crippen molar-refractivity contribution in [3.8, 4) is 0 Å². The Morgan fingerprint density at radius 3 is 2.48 bits per heavy atom. The smallest absolute Gasteiger partial charge is 0.227 e. The van der Waals surface area contributed by atoms with Crippen molar-refractivity contribution in [3.05, 3.63) is 28.8 Å². The van der Waals surface area contributed by atoms with Gasteiger partial charge in [0.1, 0.15) is 0 Å². The lowest BCUT2D eigenvalue weighted by molar-refractivity contribution is -0.133. The van der Waals surface area contributed by atoms with Gasteiger partial charge >= 0.3 is 0 Å². The zero-order valence-electron chi connectivity index (χ0n) is 16.0. The molecular formula is C21H30ClN3O2. The van der Waals surface area contributed by atoms with Gasteiger partial charge in [-0.3, -0.25) is 9.59 Å². The Bertz CT molecular complexity index is 688. The van der Waals surface area contributed by atoms with Crippen molar-refractivity contribution in [1.29, 1.82) is 0 Å². The van der Waals surface area contributed by atoms with Gasteiger partial charge in [0, 0.05) is 42.2 Å². The Labute approximate surface area is 166 Å². The molecule has 2 atom stereocenters. The van der Waals surface area contributed by atoms with Crippen LogP contribution in [0.1, 0.15) is 63.9 Å². The summed E-state index contributed by atoms with van der Waals surface area (Å²) >= 11 is 6.40. The molecule has 148 valence electrons. The van der Waals surface area contributed by atoms with Crippen LogP contribution in [0.4, 0.5) is 5.69 Å². The van der Waals surface area contributed by atoms with Crippen molar-refractivity contribution in [2.45, 2.75) is 76.9 Å². The summed E-state index contributed by atoms with van der Waals surface area (Å²) in [7, 11) is 0. The predicted molar refractivity (Wildman–Crippen MR) is 108 cm³/mol. The number of hydrogen-bond acceptors (Lipinski definition) is 3. The summed E-state index contributed by atoms with van der Waals surface area (Å²) in [5.41, 5.74) is 7.87. The van der Waals surface area contributed by atoms with Crippen molar-refractivity contribution < 1.29 is 9.59 Å². The number of benzene rings is 1. The van der Waals surface area contributed by atoms with Gasteiger partial charge in [0.05, 0.1) is 0 Å². The van der Waals surface area contributed by atoms with Gasteiger partial charge in [-0.05, 0) is 49.4 Å². The molecule has 2 amide bonds. The second-order valence-corrected chi connectivity index (χ2v) is 8.35. The first-order valence-electron chi connectivity index (χ1n) is 10.1. The fourth-order valence-electron chi connectivity index (χ4n) is 4.38. The molecule has 2 aliphatic rings. The molecule has 0 heterocycles. The van der Waals surface area contributed by atoms with Crippen LogP contribution >= 0.6 is 11.6 Å². The van der Waals surface area contributed by atoms with Crippen LogP contribution in [0, 0.1) is 5.92 Å². The molecule has 0 radical (unpaired) electrons. The van der Waals surface area contributed by atoms with E-state index in [0.717, 1.165) is 62.6 Å². The molecule has 1 aromatic carbocycles. The number of nitrogens with two attached hydrogens (primary N) is 1. The van der Waals surface area contributed by atoms with Gasteiger partial charge in [0.2, 0.25) is 11.8 Å². The summed E-state index contributed by atoms with van der Waals surface area (Å²) in [5, 5.41) is 3.62. The average Bonchev–Trinajstić information content (AvgIpc) is 3.17. The lowest BCUT2D eigenvalue weighted by Crippen LogP contribution is -2.51. The largest absolute Gasteiger partial charge is 0.334 e. The predicted octanol–water partition coefficient (Wildman–Crippen LogP) is 4.09. The molecule has 0 spiro atoms. The second kappa shape index (κ2) is 9.07. The van der Waals surface area contributed by atoms with Crippen LogP contribution in [0.15, 0.2) is 18.2 Å². The molecule has 27 heavy (non-hydrogen) atoms. The highest BCUT2D eigenvalue weighted by Gasteiger charge is 2.30. The number of nitrogens with one attached hydrogen (secondary N) is 1. The van der Waals surface area contributed by atoms with Crippen LogP contribution in [0.3, 0.4) is 0 Å². The molecule has 3 N–H and O–H groups in total. The van der Waals surface area contributed by atoms with Crippen LogP contribution in [-0.4, -0.2) is 28.8 Å². The Hall–Kier alpha value is -1.59. The highest BCUT2D eigenvalue weighted by molar-refractivity contribution is 6.31. The minimum atomic E-state index is 0.00618. The van der Waals surface area contributed by atoms with Crippen LogP contribution < -0.4 is 11.1 Å². The van der Waals surface area contributed by atoms with Crippen molar-refractivity contribution in [1.82, 2.24) is 4.90 Å². The highest BCUT2D eigenvalue weighted by atomic mass is 35.5. The lowest BCUT2D eigenvalue weighted by Gasteiger charge is -2.38. The van der Waals surface area contributed by atoms with E-state index in [-0.39, 0.29) is 29.8 Å². The van der Waals surface area contributed by atoms with E-state index < -0.39 is 0 Å². The lowest BCUT2D eigenvalue weighted by atomic mass is 9.89. The van der Waals surface area contributed by atoms with Gasteiger partial charge in [-0.1, -0.05) is 37.3 Å². The molecule has 2 unspecified atom stereocenters. The molecule has 0 aliphatic heterocycles. The zero-order chi connectivity index (χ0) is 19.4. The number of amides is 2. The Kier molecular flexibility index (Phi) is 6.77. The third-order valence-corrected chi connectivity index (χ3v) is 6.34. The maximum Gasteiger partial charge on any atom is 0.227 e. The van der Waals surface area contributed by atoms with Crippen LogP contribution in [0.2, 0.25) is 5.02 Å². The third kappa shape index (κ3) is 5.02. The standard InChI is InChI=1S/C21H30ClN3O2/c1-14(26)25(20-9-5-4-8-19(20)23)13-16-12-17(10-11-18(16)22)24-21(27)15-6-2-3-7-15/h10-12,15,19-20H,2-9,13,23H2,1H3,(H,24,27). The third-order valence-electron chi connectivity index (χ3n) is 5.97. The fourth-order valence-corrected chi connectivity index (χ4v) is 4.56. The number of carbonyl (C=O) groups is 2. The van der Waals surface area contributed by atoms with E-state index in [9.17, 15) is 9.59 Å². The topological polar surface area (TPSA) is 75.4 Å². The maximum atomic E-state index is 12.4. The van der Waals surface area contributed by atoms with E-state index in [0.29, 0.717) is 11.6 Å². The van der Waals surface area contributed by atoms with E-state index >= 15 is 0 Å². The number of carbonyl (C=O) groups excluding carboxylic acids is 2. The number of rotatable bonds is 5. The van der Waals surface area contributed by atoms with Gasteiger partial charge in [-0.2, -0.15) is 0 Å². The molecule has 2 fully saturated rings. The van der Waals surface area contributed by atoms with Crippen LogP contribution in [0.5, 0.6) is 0 Å². The van der Waals surface area contributed by atoms with Gasteiger partial charge in [0.15, 0.2) is 0 Å². The fraction of sp³-hybridized carbons (Fsp3) is 0.619. The molecule has 5 nitrogen and oxygen atoms in total. The van der Waals surface area contributed by atoms with Crippen molar-refractivity contribution in [2.75, 3.05) is 5.32 Å². The highest BCUT2D eigenvalue weighted by Crippen LogP contribution is 2.29. The number of hydrogen-bond donors (Lipinski definition) is 2. The van der Waals surface area contributed by atoms with Crippen LogP contribution in [0.25, 0.3) is 0 Å². The van der Waals surface area contributed by atoms with E-state index in [2.05, 4.69) is 5.32 Å². The summed E-state index contributed by atoms with van der Waals surface area (Å²) in [4.78, 5) is 26.5. The molecule has 6 heteroatoms.